The molecule has 0 radical (unpaired) electrons. The molecule has 4 aromatic rings. The first-order chi connectivity index (χ1) is 15.5. The number of H-pyrrole nitrogens is 1. The minimum atomic E-state index is -0.157. The molecule has 0 saturated heterocycles. The number of fused-ring (bicyclic) bond motifs is 1. The molecule has 0 aliphatic heterocycles. The molecule has 32 heavy (non-hydrogen) atoms. The zero-order valence-electron chi connectivity index (χ0n) is 17.6. The fourth-order valence-electron chi connectivity index (χ4n) is 3.47. The molecule has 0 unspecified atom stereocenters. The van der Waals surface area contributed by atoms with Crippen molar-refractivity contribution >= 4 is 33.8 Å². The summed E-state index contributed by atoms with van der Waals surface area (Å²) < 4.78 is 0. The van der Waals surface area contributed by atoms with Gasteiger partial charge in [0.05, 0.1) is 17.4 Å². The highest BCUT2D eigenvalue weighted by Crippen LogP contribution is 2.20. The molecule has 2 N–H and O–H groups in total. The molecule has 0 aliphatic rings. The molecule has 6 nitrogen and oxygen atoms in total. The van der Waals surface area contributed by atoms with Crippen LogP contribution in [0, 0.1) is 19.3 Å². The van der Waals surface area contributed by atoms with Crippen molar-refractivity contribution in [2.45, 2.75) is 20.0 Å². The molecule has 0 spiro atoms. The molecule has 7 heteroatoms. The van der Waals surface area contributed by atoms with Gasteiger partial charge in [-0.3, -0.25) is 9.59 Å². The van der Waals surface area contributed by atoms with Gasteiger partial charge in [-0.25, -0.2) is 4.98 Å². The SMILES string of the molecule is C#CCN(Cc1ccc2nc(C)[nH]c(=O)c2c1)c1ccc(C(=O)NCc2ccsc2)cc1. The number of aromatic nitrogens is 2. The fraction of sp³-hybridized carbons (Fsp3) is 0.160. The minimum absolute atomic E-state index is 0.122. The molecular formula is C25H22N4O2S. The Morgan fingerprint density at radius 3 is 2.72 bits per heavy atom. The van der Waals surface area contributed by atoms with Crippen molar-refractivity contribution in [3.05, 3.63) is 92.2 Å². The van der Waals surface area contributed by atoms with Crippen LogP contribution in [-0.2, 0) is 13.1 Å². The number of hydrogen-bond donors (Lipinski definition) is 2. The lowest BCUT2D eigenvalue weighted by Crippen LogP contribution is -2.24. The van der Waals surface area contributed by atoms with Gasteiger partial charge in [0.2, 0.25) is 0 Å². The molecule has 0 fully saturated rings. The van der Waals surface area contributed by atoms with E-state index >= 15 is 0 Å². The van der Waals surface area contributed by atoms with E-state index in [1.165, 1.54) is 0 Å². The lowest BCUT2D eigenvalue weighted by Gasteiger charge is -2.23. The summed E-state index contributed by atoms with van der Waals surface area (Å²) in [5, 5.41) is 7.47. The zero-order chi connectivity index (χ0) is 22.5. The number of carbonyl (C=O) groups excluding carboxylic acids is 1. The van der Waals surface area contributed by atoms with Crippen molar-refractivity contribution in [3.63, 3.8) is 0 Å². The number of rotatable bonds is 7. The summed E-state index contributed by atoms with van der Waals surface area (Å²) in [6.07, 6.45) is 5.60. The number of aryl methyl sites for hydroxylation is 1. The Kier molecular flexibility index (Phi) is 6.34. The monoisotopic (exact) mass is 442 g/mol. The highest BCUT2D eigenvalue weighted by Gasteiger charge is 2.11. The normalized spacial score (nSPS) is 10.6. The lowest BCUT2D eigenvalue weighted by atomic mass is 10.1. The summed E-state index contributed by atoms with van der Waals surface area (Å²) in [5.41, 5.74) is 4.02. The van der Waals surface area contributed by atoms with Gasteiger partial charge < -0.3 is 15.2 Å². The Labute approximate surface area is 189 Å². The molecule has 0 aliphatic carbocycles. The van der Waals surface area contributed by atoms with Gasteiger partial charge >= 0.3 is 0 Å². The van der Waals surface area contributed by atoms with Crippen molar-refractivity contribution < 1.29 is 4.79 Å². The second-order valence-corrected chi connectivity index (χ2v) is 8.20. The van der Waals surface area contributed by atoms with E-state index in [2.05, 4.69) is 21.2 Å². The van der Waals surface area contributed by atoms with E-state index < -0.39 is 0 Å². The smallest absolute Gasteiger partial charge is 0.258 e. The number of thiophene rings is 1. The number of terminal acetylenes is 1. The van der Waals surface area contributed by atoms with E-state index in [1.807, 2.05) is 52.1 Å². The molecular weight excluding hydrogens is 420 g/mol. The Hall–Kier alpha value is -3.89. The number of hydrogen-bond acceptors (Lipinski definition) is 5. The number of benzene rings is 2. The summed E-state index contributed by atoms with van der Waals surface area (Å²) >= 11 is 1.60. The van der Waals surface area contributed by atoms with Crippen molar-refractivity contribution in [1.29, 1.82) is 0 Å². The summed E-state index contributed by atoms with van der Waals surface area (Å²) in [4.78, 5) is 33.8. The Bertz CT molecular complexity index is 1340. The van der Waals surface area contributed by atoms with Gasteiger partial charge in [0.1, 0.15) is 5.82 Å². The Balaban J connectivity index is 1.50. The number of aromatic amines is 1. The quantitative estimate of drug-likeness (QED) is 0.426. The van der Waals surface area contributed by atoms with Crippen molar-refractivity contribution in [2.75, 3.05) is 11.4 Å². The number of nitrogens with zero attached hydrogens (tertiary/aromatic N) is 2. The third-order valence-electron chi connectivity index (χ3n) is 5.07. The fourth-order valence-corrected chi connectivity index (χ4v) is 4.14. The molecule has 0 atom stereocenters. The minimum Gasteiger partial charge on any atom is -0.356 e. The van der Waals surface area contributed by atoms with Crippen LogP contribution in [0.1, 0.15) is 27.3 Å². The highest BCUT2D eigenvalue weighted by atomic mass is 32.1. The number of carbonyl (C=O) groups is 1. The van der Waals surface area contributed by atoms with Crippen LogP contribution in [0.15, 0.2) is 64.1 Å². The van der Waals surface area contributed by atoms with E-state index in [9.17, 15) is 9.59 Å². The van der Waals surface area contributed by atoms with E-state index in [-0.39, 0.29) is 11.5 Å². The van der Waals surface area contributed by atoms with Crippen molar-refractivity contribution in [1.82, 2.24) is 15.3 Å². The summed E-state index contributed by atoms with van der Waals surface area (Å²) in [5.74, 6) is 3.15. The first-order valence-electron chi connectivity index (χ1n) is 10.1. The van der Waals surface area contributed by atoms with Gasteiger partial charge in [-0.15, -0.1) is 6.42 Å². The number of anilines is 1. The van der Waals surface area contributed by atoms with E-state index in [0.29, 0.717) is 41.9 Å². The average molecular weight is 443 g/mol. The molecule has 2 aromatic carbocycles. The van der Waals surface area contributed by atoms with Gasteiger partial charge in [0.25, 0.3) is 11.5 Å². The van der Waals surface area contributed by atoms with Crippen LogP contribution in [0.5, 0.6) is 0 Å². The molecule has 160 valence electrons. The Morgan fingerprint density at radius 2 is 2.00 bits per heavy atom. The lowest BCUT2D eigenvalue weighted by molar-refractivity contribution is 0.0951. The Morgan fingerprint density at radius 1 is 1.19 bits per heavy atom. The van der Waals surface area contributed by atoms with Crippen molar-refractivity contribution in [3.8, 4) is 12.3 Å². The highest BCUT2D eigenvalue weighted by molar-refractivity contribution is 7.07. The third-order valence-corrected chi connectivity index (χ3v) is 5.80. The van der Waals surface area contributed by atoms with E-state index in [1.54, 1.807) is 30.4 Å². The van der Waals surface area contributed by atoms with Gasteiger partial charge in [0, 0.05) is 24.3 Å². The largest absolute Gasteiger partial charge is 0.356 e. The van der Waals surface area contributed by atoms with Crippen LogP contribution in [0.25, 0.3) is 10.9 Å². The van der Waals surface area contributed by atoms with E-state index in [4.69, 9.17) is 6.42 Å². The van der Waals surface area contributed by atoms with Crippen molar-refractivity contribution in [2.24, 2.45) is 0 Å². The average Bonchev–Trinajstić information content (AvgIpc) is 3.31. The maximum absolute atomic E-state index is 12.4. The van der Waals surface area contributed by atoms with Crippen LogP contribution in [0.2, 0.25) is 0 Å². The third kappa shape index (κ3) is 4.88. The summed E-state index contributed by atoms with van der Waals surface area (Å²) in [7, 11) is 0. The van der Waals surface area contributed by atoms with Gasteiger partial charge in [-0.05, 0) is 71.3 Å². The van der Waals surface area contributed by atoms with Crippen LogP contribution in [-0.4, -0.2) is 22.4 Å². The second-order valence-electron chi connectivity index (χ2n) is 7.42. The summed E-state index contributed by atoms with van der Waals surface area (Å²) in [6.45, 7) is 3.18. The molecule has 2 heterocycles. The molecule has 2 aromatic heterocycles. The number of amides is 1. The molecule has 0 saturated carbocycles. The van der Waals surface area contributed by atoms with Gasteiger partial charge in [-0.1, -0.05) is 12.0 Å². The van der Waals surface area contributed by atoms with Gasteiger partial charge in [-0.2, -0.15) is 11.3 Å². The van der Waals surface area contributed by atoms with Crippen LogP contribution < -0.4 is 15.8 Å². The zero-order valence-corrected chi connectivity index (χ0v) is 18.4. The van der Waals surface area contributed by atoms with Gasteiger partial charge in [0.15, 0.2) is 0 Å². The van der Waals surface area contributed by atoms with Crippen LogP contribution in [0.4, 0.5) is 5.69 Å². The molecule has 1 amide bonds. The summed E-state index contributed by atoms with van der Waals surface area (Å²) in [6, 6.07) is 15.0. The van der Waals surface area contributed by atoms with Crippen LogP contribution >= 0.6 is 11.3 Å². The van der Waals surface area contributed by atoms with E-state index in [0.717, 1.165) is 16.8 Å². The topological polar surface area (TPSA) is 78.1 Å². The maximum atomic E-state index is 12.4. The molecule has 0 bridgehead atoms. The second kappa shape index (κ2) is 9.50. The first kappa shape index (κ1) is 21.3. The number of nitrogens with one attached hydrogen (secondary N) is 2. The first-order valence-corrected chi connectivity index (χ1v) is 11.0. The molecule has 4 rings (SSSR count). The predicted octanol–water partition coefficient (Wildman–Crippen LogP) is 3.86. The van der Waals surface area contributed by atoms with Crippen LogP contribution in [0.3, 0.4) is 0 Å². The maximum Gasteiger partial charge on any atom is 0.258 e. The standard InChI is InChI=1S/C25H22N4O2S/c1-3-11-29(15-18-4-9-23-22(13-18)25(31)28-17(2)27-23)21-7-5-20(6-8-21)24(30)26-14-19-10-12-32-16-19/h1,4-10,12-13,16H,11,14-15H2,2H3,(H,26,30)(H,27,28,31). The predicted molar refractivity (Wildman–Crippen MR) is 129 cm³/mol.